The lowest BCUT2D eigenvalue weighted by Crippen LogP contribution is -2.35. The molecule has 0 bridgehead atoms. The summed E-state index contributed by atoms with van der Waals surface area (Å²) >= 11 is 0. The number of nitrogens with one attached hydrogen (secondary N) is 1. The van der Waals surface area contributed by atoms with Crippen molar-refractivity contribution in [1.82, 2.24) is 10.4 Å². The fraction of sp³-hybridized carbons (Fsp3) is 0.750. The number of nitrogens with zero attached hydrogens (tertiary/aromatic N) is 1. The molecule has 6 heavy (non-hydrogen) atoms. The van der Waals surface area contributed by atoms with E-state index < -0.39 is 0 Å². The Morgan fingerprint density at radius 2 is 2.17 bits per heavy atom. The van der Waals surface area contributed by atoms with Crippen molar-refractivity contribution in [1.29, 1.82) is 0 Å². The molecule has 0 heterocycles. The highest BCUT2D eigenvalue weighted by Gasteiger charge is 1.88. The molecule has 2 nitrogen and oxygen atoms in total. The standard InChI is InChI=1S/C4H11N2/c1-4-5-6(2)3/h5H,1,4H2,2-3H3/q+1. The Morgan fingerprint density at radius 3 is 2.17 bits per heavy atom. The first-order valence-corrected chi connectivity index (χ1v) is 1.97. The summed E-state index contributed by atoms with van der Waals surface area (Å²) in [6.45, 7) is 4.33. The van der Waals surface area contributed by atoms with E-state index in [0.717, 1.165) is 6.54 Å². The summed E-state index contributed by atoms with van der Waals surface area (Å²) in [6, 6.07) is 0. The molecule has 0 aliphatic carbocycles. The largest absolute Gasteiger partial charge is 0.134 e. The van der Waals surface area contributed by atoms with E-state index in [4.69, 9.17) is 0 Å². The van der Waals surface area contributed by atoms with Crippen molar-refractivity contribution < 1.29 is 0 Å². The predicted octanol–water partition coefficient (Wildman–Crippen LogP) is -0.275. The summed E-state index contributed by atoms with van der Waals surface area (Å²) in [7, 11) is 3.87. The lowest BCUT2D eigenvalue weighted by Gasteiger charge is -1.94. The zero-order valence-electron chi connectivity index (χ0n) is 4.36. The van der Waals surface area contributed by atoms with Crippen LogP contribution in [0.15, 0.2) is 0 Å². The highest BCUT2D eigenvalue weighted by atomic mass is 15.5. The molecule has 0 aliphatic rings. The van der Waals surface area contributed by atoms with Crippen LogP contribution < -0.4 is 10.4 Å². The summed E-state index contributed by atoms with van der Waals surface area (Å²) in [5.74, 6) is 0. The fourth-order valence-electron chi connectivity index (χ4n) is 0.224. The number of hydrazine groups is 1. The first kappa shape index (κ1) is 5.92. The van der Waals surface area contributed by atoms with Gasteiger partial charge < -0.3 is 0 Å². The zero-order valence-corrected chi connectivity index (χ0v) is 4.36. The third kappa shape index (κ3) is 3.92. The molecule has 0 spiro atoms. The highest BCUT2D eigenvalue weighted by molar-refractivity contribution is 4.40. The molecule has 0 aromatic carbocycles. The molecule has 0 aromatic rings. The third-order valence-electron chi connectivity index (χ3n) is 0.428. The number of rotatable bonds is 2. The first-order valence-electron chi connectivity index (χ1n) is 1.97. The monoisotopic (exact) mass is 87.1 g/mol. The van der Waals surface area contributed by atoms with Crippen molar-refractivity contribution in [2.24, 2.45) is 0 Å². The van der Waals surface area contributed by atoms with Gasteiger partial charge in [-0.05, 0) is 6.92 Å². The Morgan fingerprint density at radius 1 is 1.67 bits per heavy atom. The van der Waals surface area contributed by atoms with Gasteiger partial charge in [0.1, 0.15) is 14.1 Å². The minimum atomic E-state index is 0.757. The number of hydrogen-bond acceptors (Lipinski definition) is 2. The van der Waals surface area contributed by atoms with Crippen LogP contribution in [0.3, 0.4) is 0 Å². The quantitative estimate of drug-likeness (QED) is 0.362. The molecular formula is C4H11N2+. The molecule has 0 unspecified atom stereocenters. The molecule has 0 amide bonds. The van der Waals surface area contributed by atoms with Gasteiger partial charge in [0.25, 0.3) is 0 Å². The molecule has 0 saturated carbocycles. The van der Waals surface area contributed by atoms with Crippen molar-refractivity contribution in [2.45, 2.75) is 0 Å². The molecule has 0 fully saturated rings. The van der Waals surface area contributed by atoms with Gasteiger partial charge in [-0.3, -0.25) is 0 Å². The average Bonchev–Trinajstić information content (AvgIpc) is 1.35. The molecule has 0 aliphatic heterocycles. The molecule has 2 radical (unpaired) electrons. The Balaban J connectivity index is 2.63. The van der Waals surface area contributed by atoms with Gasteiger partial charge in [0.15, 0.2) is 0 Å². The molecule has 0 saturated heterocycles. The lowest BCUT2D eigenvalue weighted by atomic mass is 10.8. The van der Waals surface area contributed by atoms with Gasteiger partial charge in [0, 0.05) is 0 Å². The van der Waals surface area contributed by atoms with Gasteiger partial charge in [-0.2, -0.15) is 0 Å². The van der Waals surface area contributed by atoms with Crippen LogP contribution in [0.4, 0.5) is 0 Å². The van der Waals surface area contributed by atoms with Crippen molar-refractivity contribution in [2.75, 3.05) is 20.6 Å². The molecule has 36 valence electrons. The van der Waals surface area contributed by atoms with E-state index in [0.29, 0.717) is 0 Å². The second-order valence-electron chi connectivity index (χ2n) is 1.30. The van der Waals surface area contributed by atoms with E-state index in [2.05, 4.69) is 12.3 Å². The van der Waals surface area contributed by atoms with Crippen LogP contribution in [0.25, 0.3) is 0 Å². The predicted molar refractivity (Wildman–Crippen MR) is 27.3 cm³/mol. The summed E-state index contributed by atoms with van der Waals surface area (Å²) in [6.07, 6.45) is 0. The van der Waals surface area contributed by atoms with Crippen molar-refractivity contribution in [3.8, 4) is 0 Å². The lowest BCUT2D eigenvalue weighted by molar-refractivity contribution is 0.446. The Bertz CT molecular complexity index is 26.7. The second-order valence-corrected chi connectivity index (χ2v) is 1.30. The Hall–Kier alpha value is -0.0800. The van der Waals surface area contributed by atoms with Crippen LogP contribution >= 0.6 is 0 Å². The van der Waals surface area contributed by atoms with Crippen LogP contribution in [0, 0.1) is 6.92 Å². The van der Waals surface area contributed by atoms with E-state index in [-0.39, 0.29) is 0 Å². The van der Waals surface area contributed by atoms with Gasteiger partial charge in [-0.15, -0.1) is 5.43 Å². The first-order chi connectivity index (χ1) is 2.77. The SMILES string of the molecule is [CH2]CN[N+](C)C. The molecule has 0 atom stereocenters. The van der Waals surface area contributed by atoms with Gasteiger partial charge in [-0.25, -0.2) is 0 Å². The van der Waals surface area contributed by atoms with Gasteiger partial charge >= 0.3 is 0 Å². The van der Waals surface area contributed by atoms with Crippen molar-refractivity contribution in [3.05, 3.63) is 6.92 Å². The van der Waals surface area contributed by atoms with Gasteiger partial charge in [-0.1, -0.05) is 5.01 Å². The summed E-state index contributed by atoms with van der Waals surface area (Å²) < 4.78 is 0. The van der Waals surface area contributed by atoms with Crippen LogP contribution in [0.5, 0.6) is 0 Å². The maximum atomic E-state index is 3.57. The zero-order chi connectivity index (χ0) is 4.99. The van der Waals surface area contributed by atoms with E-state index in [9.17, 15) is 0 Å². The highest BCUT2D eigenvalue weighted by Crippen LogP contribution is 1.51. The molecule has 2 heteroatoms. The van der Waals surface area contributed by atoms with Gasteiger partial charge in [0.05, 0.1) is 6.54 Å². The summed E-state index contributed by atoms with van der Waals surface area (Å²) in [5.41, 5.74) is 2.93. The maximum absolute atomic E-state index is 3.57. The normalized spacial score (nSPS) is 10.0. The smallest absolute Gasteiger partial charge is 0.119 e. The van der Waals surface area contributed by atoms with Gasteiger partial charge in [0.2, 0.25) is 0 Å². The van der Waals surface area contributed by atoms with E-state index in [1.165, 1.54) is 0 Å². The minimum absolute atomic E-state index is 0.757. The van der Waals surface area contributed by atoms with E-state index >= 15 is 0 Å². The molecular weight excluding hydrogens is 76.1 g/mol. The Kier molecular flexibility index (Phi) is 3.08. The average molecular weight is 87.1 g/mol. The van der Waals surface area contributed by atoms with Crippen LogP contribution in [0.2, 0.25) is 0 Å². The summed E-state index contributed by atoms with van der Waals surface area (Å²) in [4.78, 5) is 0. The van der Waals surface area contributed by atoms with E-state index in [1.54, 1.807) is 0 Å². The molecule has 0 rings (SSSR count). The fourth-order valence-corrected chi connectivity index (χ4v) is 0.224. The molecule has 0 aromatic heterocycles. The Labute approximate surface area is 39.1 Å². The van der Waals surface area contributed by atoms with E-state index in [1.807, 2.05) is 19.1 Å². The van der Waals surface area contributed by atoms with Crippen molar-refractivity contribution in [3.63, 3.8) is 0 Å². The minimum Gasteiger partial charge on any atom is -0.119 e. The van der Waals surface area contributed by atoms with Crippen LogP contribution in [-0.4, -0.2) is 20.6 Å². The topological polar surface area (TPSA) is 17.9 Å². The number of hydrogen-bond donors (Lipinski definition) is 1. The van der Waals surface area contributed by atoms with Crippen LogP contribution in [-0.2, 0) is 0 Å². The maximum Gasteiger partial charge on any atom is 0.134 e. The third-order valence-corrected chi connectivity index (χ3v) is 0.428. The van der Waals surface area contributed by atoms with Crippen LogP contribution in [0.1, 0.15) is 0 Å². The summed E-state index contributed by atoms with van der Waals surface area (Å²) in [5, 5.41) is 1.87. The second kappa shape index (κ2) is 3.12. The molecule has 1 N–H and O–H groups in total. The van der Waals surface area contributed by atoms with Crippen molar-refractivity contribution >= 4 is 0 Å².